The average molecular weight is 505 g/mol. The van der Waals surface area contributed by atoms with Crippen molar-refractivity contribution in [3.63, 3.8) is 0 Å². The number of piperazine rings is 1. The van der Waals surface area contributed by atoms with Gasteiger partial charge in [0.15, 0.2) is 0 Å². The van der Waals surface area contributed by atoms with Gasteiger partial charge < -0.3 is 9.80 Å². The highest BCUT2D eigenvalue weighted by molar-refractivity contribution is 7.90. The average Bonchev–Trinajstić information content (AvgIpc) is 3.60. The Morgan fingerprint density at radius 3 is 2.81 bits per heavy atom. The third-order valence-corrected chi connectivity index (χ3v) is 9.42. The van der Waals surface area contributed by atoms with E-state index in [0.29, 0.717) is 12.6 Å². The van der Waals surface area contributed by atoms with E-state index in [2.05, 4.69) is 15.9 Å². The van der Waals surface area contributed by atoms with Crippen LogP contribution < -0.4 is 9.80 Å². The minimum absolute atomic E-state index is 0.0473. The van der Waals surface area contributed by atoms with Gasteiger partial charge in [-0.3, -0.25) is 9.69 Å². The predicted octanol–water partition coefficient (Wildman–Crippen LogP) is 3.73. The summed E-state index contributed by atoms with van der Waals surface area (Å²) in [5, 5.41) is 0.930. The first-order valence-corrected chi connectivity index (χ1v) is 14.4. The molecule has 36 heavy (non-hydrogen) atoms. The van der Waals surface area contributed by atoms with Gasteiger partial charge in [-0.2, -0.15) is 0 Å². The standard InChI is InChI=1S/C28H32N4O3S/c1-21(33)31-13-10-24-18-22(6-9-27(24)31)4-3-17-36(34,35)32-14-11-23-7-8-25(19-28(23)32)30-16-15-29-12-2-5-26(29)20-30/h3-4,6-9,11,14,18-19,26H,2,5,10,12-13,15-17,20H2,1H3. The quantitative estimate of drug-likeness (QED) is 0.530. The summed E-state index contributed by atoms with van der Waals surface area (Å²) < 4.78 is 28.0. The van der Waals surface area contributed by atoms with Gasteiger partial charge in [-0.15, -0.1) is 0 Å². The van der Waals surface area contributed by atoms with Crippen LogP contribution in [0, 0.1) is 0 Å². The molecule has 2 aromatic carbocycles. The summed E-state index contributed by atoms with van der Waals surface area (Å²) in [6.45, 7) is 6.54. The minimum atomic E-state index is -3.56. The molecule has 2 saturated heterocycles. The molecule has 0 spiro atoms. The van der Waals surface area contributed by atoms with E-state index < -0.39 is 10.0 Å². The van der Waals surface area contributed by atoms with Crippen LogP contribution >= 0.6 is 0 Å². The Hall–Kier alpha value is -3.10. The van der Waals surface area contributed by atoms with Crippen LogP contribution in [0.25, 0.3) is 17.0 Å². The first-order chi connectivity index (χ1) is 17.4. The second-order valence-corrected chi connectivity index (χ2v) is 12.0. The number of anilines is 2. The number of aromatic nitrogens is 1. The van der Waals surface area contributed by atoms with Crippen molar-refractivity contribution in [2.75, 3.05) is 48.3 Å². The molecule has 1 atom stereocenters. The van der Waals surface area contributed by atoms with E-state index >= 15 is 0 Å². The Balaban J connectivity index is 1.20. The normalized spacial score (nSPS) is 20.4. The van der Waals surface area contributed by atoms with E-state index in [4.69, 9.17) is 0 Å². The number of amides is 1. The van der Waals surface area contributed by atoms with Crippen molar-refractivity contribution in [3.8, 4) is 0 Å². The Morgan fingerprint density at radius 1 is 1.06 bits per heavy atom. The number of carbonyl (C=O) groups is 1. The fourth-order valence-corrected chi connectivity index (χ4v) is 7.20. The topological polar surface area (TPSA) is 65.9 Å². The van der Waals surface area contributed by atoms with Crippen LogP contribution in [0.2, 0.25) is 0 Å². The highest BCUT2D eigenvalue weighted by Crippen LogP contribution is 2.30. The largest absolute Gasteiger partial charge is 0.369 e. The van der Waals surface area contributed by atoms with Crippen molar-refractivity contribution in [3.05, 3.63) is 65.9 Å². The van der Waals surface area contributed by atoms with Gasteiger partial charge in [0.05, 0.1) is 11.3 Å². The van der Waals surface area contributed by atoms with E-state index in [9.17, 15) is 13.2 Å². The van der Waals surface area contributed by atoms with E-state index in [1.54, 1.807) is 24.1 Å². The van der Waals surface area contributed by atoms with Gasteiger partial charge in [0.2, 0.25) is 15.9 Å². The molecular formula is C28H32N4O3S. The molecule has 3 aliphatic rings. The monoisotopic (exact) mass is 504 g/mol. The van der Waals surface area contributed by atoms with Gasteiger partial charge in [-0.25, -0.2) is 12.4 Å². The molecule has 0 saturated carbocycles. The van der Waals surface area contributed by atoms with Crippen molar-refractivity contribution in [1.29, 1.82) is 0 Å². The number of hydrogen-bond acceptors (Lipinski definition) is 5. The molecule has 0 aliphatic carbocycles. The van der Waals surface area contributed by atoms with Crippen LogP contribution in [0.15, 0.2) is 54.7 Å². The lowest BCUT2D eigenvalue weighted by Crippen LogP contribution is -2.50. The molecule has 3 aliphatic heterocycles. The zero-order valence-corrected chi connectivity index (χ0v) is 21.5. The van der Waals surface area contributed by atoms with E-state index in [1.165, 1.54) is 23.4 Å². The van der Waals surface area contributed by atoms with Gasteiger partial charge >= 0.3 is 0 Å². The maximum absolute atomic E-state index is 13.3. The molecule has 3 aromatic rings. The third kappa shape index (κ3) is 4.22. The second-order valence-electron chi connectivity index (χ2n) is 10.1. The van der Waals surface area contributed by atoms with Gasteiger partial charge in [0.1, 0.15) is 0 Å². The summed E-state index contributed by atoms with van der Waals surface area (Å²) in [5.41, 5.74) is 4.85. The predicted molar refractivity (Wildman–Crippen MR) is 145 cm³/mol. The zero-order chi connectivity index (χ0) is 24.9. The molecule has 7 nitrogen and oxygen atoms in total. The molecule has 1 unspecified atom stereocenters. The van der Waals surface area contributed by atoms with Crippen molar-refractivity contribution in [1.82, 2.24) is 8.87 Å². The molecule has 6 rings (SSSR count). The summed E-state index contributed by atoms with van der Waals surface area (Å²) >= 11 is 0. The summed E-state index contributed by atoms with van der Waals surface area (Å²) in [6, 6.07) is 14.6. The summed E-state index contributed by atoms with van der Waals surface area (Å²) in [5.74, 6) is -0.0377. The SMILES string of the molecule is CC(=O)N1CCc2cc(C=CCS(=O)(=O)n3ccc4ccc(N5CCN6CCCC6C5)cc43)ccc21. The lowest BCUT2D eigenvalue weighted by molar-refractivity contribution is -0.116. The highest BCUT2D eigenvalue weighted by atomic mass is 32.2. The van der Waals surface area contributed by atoms with Crippen LogP contribution in [0.3, 0.4) is 0 Å². The molecule has 4 heterocycles. The number of benzene rings is 2. The molecule has 1 amide bonds. The van der Waals surface area contributed by atoms with Crippen LogP contribution in [-0.4, -0.2) is 67.7 Å². The summed E-state index contributed by atoms with van der Waals surface area (Å²) in [4.78, 5) is 18.5. The van der Waals surface area contributed by atoms with Crippen molar-refractivity contribution in [2.45, 2.75) is 32.2 Å². The molecule has 2 fully saturated rings. The van der Waals surface area contributed by atoms with Crippen molar-refractivity contribution < 1.29 is 13.2 Å². The first kappa shape index (κ1) is 23.3. The summed E-state index contributed by atoms with van der Waals surface area (Å²) in [6.07, 6.45) is 8.57. The van der Waals surface area contributed by atoms with Crippen LogP contribution in [0.1, 0.15) is 30.9 Å². The fraction of sp³-hybridized carbons (Fsp3) is 0.393. The van der Waals surface area contributed by atoms with Gasteiger partial charge in [0, 0.05) is 62.1 Å². The van der Waals surface area contributed by atoms with Gasteiger partial charge in [0.25, 0.3) is 0 Å². The second kappa shape index (κ2) is 9.09. The van der Waals surface area contributed by atoms with Gasteiger partial charge in [-0.05, 0) is 67.3 Å². The number of rotatable bonds is 5. The van der Waals surface area contributed by atoms with Crippen LogP contribution in [-0.2, 0) is 21.2 Å². The van der Waals surface area contributed by atoms with E-state index in [0.717, 1.165) is 59.5 Å². The fourth-order valence-electron chi connectivity index (χ4n) is 6.00. The molecule has 188 valence electrons. The number of nitrogens with zero attached hydrogens (tertiary/aromatic N) is 4. The number of fused-ring (bicyclic) bond motifs is 3. The molecule has 0 bridgehead atoms. The van der Waals surface area contributed by atoms with E-state index in [1.807, 2.05) is 42.5 Å². The highest BCUT2D eigenvalue weighted by Gasteiger charge is 2.31. The Bertz CT molecular complexity index is 1460. The van der Waals surface area contributed by atoms with Gasteiger partial charge in [-0.1, -0.05) is 24.3 Å². The number of carbonyl (C=O) groups excluding carboxylic acids is 1. The van der Waals surface area contributed by atoms with Crippen molar-refractivity contribution >= 4 is 44.3 Å². The maximum Gasteiger partial charge on any atom is 0.242 e. The summed E-state index contributed by atoms with van der Waals surface area (Å²) in [7, 11) is -3.56. The molecular weight excluding hydrogens is 472 g/mol. The lowest BCUT2D eigenvalue weighted by Gasteiger charge is -2.38. The van der Waals surface area contributed by atoms with E-state index in [-0.39, 0.29) is 11.7 Å². The van der Waals surface area contributed by atoms with Crippen LogP contribution in [0.5, 0.6) is 0 Å². The molecule has 0 N–H and O–H groups in total. The zero-order valence-electron chi connectivity index (χ0n) is 20.6. The molecule has 8 heteroatoms. The maximum atomic E-state index is 13.3. The lowest BCUT2D eigenvalue weighted by atomic mass is 10.1. The smallest absolute Gasteiger partial charge is 0.242 e. The number of hydrogen-bond donors (Lipinski definition) is 0. The van der Waals surface area contributed by atoms with Crippen molar-refractivity contribution in [2.24, 2.45) is 0 Å². The Morgan fingerprint density at radius 2 is 1.94 bits per heavy atom. The molecule has 1 aromatic heterocycles. The Kier molecular flexibility index (Phi) is 5.88. The third-order valence-electron chi connectivity index (χ3n) is 7.89. The Labute approximate surface area is 212 Å². The van der Waals surface area contributed by atoms with Crippen LogP contribution in [0.4, 0.5) is 11.4 Å². The molecule has 0 radical (unpaired) electrons. The minimum Gasteiger partial charge on any atom is -0.369 e. The first-order valence-electron chi connectivity index (χ1n) is 12.8.